The van der Waals surface area contributed by atoms with Crippen LogP contribution >= 0.6 is 15.9 Å². The molecule has 0 radical (unpaired) electrons. The van der Waals surface area contributed by atoms with Crippen molar-refractivity contribution in [1.29, 1.82) is 0 Å². The number of methoxy groups -OCH3 is 1. The van der Waals surface area contributed by atoms with Crippen molar-refractivity contribution in [3.63, 3.8) is 0 Å². The number of imide groups is 1. The first-order valence-corrected chi connectivity index (χ1v) is 10.2. The van der Waals surface area contributed by atoms with E-state index < -0.39 is 17.9 Å². The number of ether oxygens (including phenoxy) is 3. The van der Waals surface area contributed by atoms with Crippen LogP contribution in [0.5, 0.6) is 11.5 Å². The van der Waals surface area contributed by atoms with Gasteiger partial charge in [-0.3, -0.25) is 9.69 Å². The molecule has 1 aromatic carbocycles. The van der Waals surface area contributed by atoms with Crippen molar-refractivity contribution < 1.29 is 33.0 Å². The molecule has 1 aromatic heterocycles. The maximum absolute atomic E-state index is 12.8. The van der Waals surface area contributed by atoms with Crippen molar-refractivity contribution in [2.24, 2.45) is 0 Å². The molecule has 0 saturated carbocycles. The second-order valence-electron chi connectivity index (χ2n) is 6.39. The van der Waals surface area contributed by atoms with Gasteiger partial charge in [0.25, 0.3) is 5.91 Å². The Morgan fingerprint density at radius 2 is 2.09 bits per heavy atom. The van der Waals surface area contributed by atoms with Gasteiger partial charge < -0.3 is 23.9 Å². The van der Waals surface area contributed by atoms with E-state index >= 15 is 0 Å². The zero-order valence-corrected chi connectivity index (χ0v) is 18.9. The Balaban J connectivity index is 1.83. The molecular formula is C22H19BrN2O7. The quantitative estimate of drug-likeness (QED) is 0.255. The number of terminal acetylenes is 1. The Morgan fingerprint density at radius 3 is 2.78 bits per heavy atom. The molecule has 2 aromatic rings. The Labute approximate surface area is 192 Å². The van der Waals surface area contributed by atoms with E-state index in [4.69, 9.17) is 20.3 Å². The molecule has 1 saturated heterocycles. The maximum Gasteiger partial charge on any atom is 0.373 e. The van der Waals surface area contributed by atoms with Gasteiger partial charge in [0.1, 0.15) is 18.1 Å². The second kappa shape index (κ2) is 10.1. The van der Waals surface area contributed by atoms with E-state index in [9.17, 15) is 14.4 Å². The zero-order chi connectivity index (χ0) is 23.3. The first-order chi connectivity index (χ1) is 15.4. The number of benzene rings is 1. The summed E-state index contributed by atoms with van der Waals surface area (Å²) in [7, 11) is 1.22. The number of hydrogen-bond donors (Lipinski definition) is 1. The average Bonchev–Trinajstić information content (AvgIpc) is 3.33. The van der Waals surface area contributed by atoms with Crippen molar-refractivity contribution in [2.75, 3.05) is 20.3 Å². The number of nitrogens with zero attached hydrogens (tertiary/aromatic N) is 1. The minimum absolute atomic E-state index is 0.0224. The highest BCUT2D eigenvalue weighted by molar-refractivity contribution is 9.10. The van der Waals surface area contributed by atoms with Crippen LogP contribution in [-0.2, 0) is 16.1 Å². The van der Waals surface area contributed by atoms with Crippen LogP contribution in [-0.4, -0.2) is 43.1 Å². The summed E-state index contributed by atoms with van der Waals surface area (Å²) in [6.07, 6.45) is 6.77. The normalized spacial score (nSPS) is 14.3. The summed E-state index contributed by atoms with van der Waals surface area (Å²) >= 11 is 3.41. The van der Waals surface area contributed by atoms with E-state index in [0.29, 0.717) is 28.1 Å². The summed E-state index contributed by atoms with van der Waals surface area (Å²) in [6, 6.07) is 5.67. The van der Waals surface area contributed by atoms with E-state index in [-0.39, 0.29) is 30.4 Å². The van der Waals surface area contributed by atoms with Crippen molar-refractivity contribution in [3.8, 4) is 23.8 Å². The number of hydrogen-bond acceptors (Lipinski definition) is 7. The average molecular weight is 503 g/mol. The number of furan rings is 1. The fourth-order valence-electron chi connectivity index (χ4n) is 2.90. The maximum atomic E-state index is 12.8. The van der Waals surface area contributed by atoms with Gasteiger partial charge in [-0.15, -0.1) is 6.42 Å². The van der Waals surface area contributed by atoms with Crippen LogP contribution in [0.2, 0.25) is 0 Å². The predicted molar refractivity (Wildman–Crippen MR) is 117 cm³/mol. The fourth-order valence-corrected chi connectivity index (χ4v) is 3.47. The number of esters is 1. The second-order valence-corrected chi connectivity index (χ2v) is 7.25. The van der Waals surface area contributed by atoms with Gasteiger partial charge in [0.15, 0.2) is 11.5 Å². The van der Waals surface area contributed by atoms with Crippen LogP contribution in [0.1, 0.15) is 28.8 Å². The third-order valence-corrected chi connectivity index (χ3v) is 4.86. The third kappa shape index (κ3) is 4.95. The van der Waals surface area contributed by atoms with Crippen LogP contribution in [0.4, 0.5) is 4.79 Å². The van der Waals surface area contributed by atoms with Crippen LogP contribution in [0.25, 0.3) is 6.08 Å². The molecule has 3 rings (SSSR count). The molecule has 3 amide bonds. The Hall–Kier alpha value is -3.71. The summed E-state index contributed by atoms with van der Waals surface area (Å²) < 4.78 is 21.6. The summed E-state index contributed by atoms with van der Waals surface area (Å²) in [5, 5.41) is 2.53. The Bertz CT molecular complexity index is 1130. The van der Waals surface area contributed by atoms with Gasteiger partial charge >= 0.3 is 12.0 Å². The Kier molecular flexibility index (Phi) is 7.22. The topological polar surface area (TPSA) is 107 Å². The van der Waals surface area contributed by atoms with Gasteiger partial charge in [-0.05, 0) is 58.8 Å². The standard InChI is InChI=1S/C22H19BrN2O7/c1-4-8-31-19-15(23)9-13(11-18(19)30-5-2)10-16-20(26)25(22(28)24-16)12-14-6-7-17(32-14)21(27)29-3/h1,6-7,9-11H,5,8,12H2,2-3H3,(H,24,28)/b16-10-. The number of rotatable bonds is 8. The highest BCUT2D eigenvalue weighted by atomic mass is 79.9. The van der Waals surface area contributed by atoms with E-state index in [0.717, 1.165) is 4.90 Å². The molecule has 166 valence electrons. The van der Waals surface area contributed by atoms with Gasteiger partial charge in [-0.2, -0.15) is 0 Å². The first kappa shape index (κ1) is 23.0. The van der Waals surface area contributed by atoms with E-state index in [1.807, 2.05) is 6.92 Å². The van der Waals surface area contributed by atoms with Crippen molar-refractivity contribution in [3.05, 3.63) is 51.5 Å². The molecule has 1 N–H and O–H groups in total. The van der Waals surface area contributed by atoms with Crippen LogP contribution in [0, 0.1) is 12.3 Å². The van der Waals surface area contributed by atoms with E-state index in [1.54, 1.807) is 12.1 Å². The lowest BCUT2D eigenvalue weighted by molar-refractivity contribution is -0.123. The van der Waals surface area contributed by atoms with Gasteiger partial charge in [0.2, 0.25) is 5.76 Å². The van der Waals surface area contributed by atoms with Crippen molar-refractivity contribution in [1.82, 2.24) is 10.2 Å². The summed E-state index contributed by atoms with van der Waals surface area (Å²) in [5.74, 6) is 2.30. The number of urea groups is 1. The molecule has 1 aliphatic rings. The van der Waals surface area contributed by atoms with Gasteiger partial charge in [-0.25, -0.2) is 9.59 Å². The molecule has 1 fully saturated rings. The molecule has 32 heavy (non-hydrogen) atoms. The monoisotopic (exact) mass is 502 g/mol. The van der Waals surface area contributed by atoms with Crippen LogP contribution in [0.15, 0.2) is 38.9 Å². The van der Waals surface area contributed by atoms with Crippen molar-refractivity contribution >= 4 is 39.9 Å². The lowest BCUT2D eigenvalue weighted by Crippen LogP contribution is -2.30. The molecule has 1 aliphatic heterocycles. The van der Waals surface area contributed by atoms with Gasteiger partial charge in [-0.1, -0.05) is 5.92 Å². The molecule has 9 nitrogen and oxygen atoms in total. The van der Waals surface area contributed by atoms with Gasteiger partial charge in [0.05, 0.1) is 24.7 Å². The lowest BCUT2D eigenvalue weighted by Gasteiger charge is -2.13. The molecule has 0 aliphatic carbocycles. The highest BCUT2D eigenvalue weighted by Crippen LogP contribution is 2.37. The Morgan fingerprint density at radius 1 is 1.31 bits per heavy atom. The number of halogens is 1. The largest absolute Gasteiger partial charge is 0.490 e. The fraction of sp³-hybridized carbons (Fsp3) is 0.227. The molecule has 0 spiro atoms. The number of amides is 3. The van der Waals surface area contributed by atoms with E-state index in [2.05, 4.69) is 31.9 Å². The number of carbonyl (C=O) groups is 3. The smallest absolute Gasteiger partial charge is 0.373 e. The van der Waals surface area contributed by atoms with Crippen LogP contribution < -0.4 is 14.8 Å². The van der Waals surface area contributed by atoms with E-state index in [1.165, 1.54) is 25.3 Å². The third-order valence-electron chi connectivity index (χ3n) is 4.27. The number of carbonyl (C=O) groups excluding carboxylic acids is 3. The molecule has 10 heteroatoms. The first-order valence-electron chi connectivity index (χ1n) is 9.42. The van der Waals surface area contributed by atoms with Crippen LogP contribution in [0.3, 0.4) is 0 Å². The summed E-state index contributed by atoms with van der Waals surface area (Å²) in [5.41, 5.74) is 0.659. The SMILES string of the molecule is C#CCOc1c(Br)cc(/C=C2\NC(=O)N(Cc3ccc(C(=O)OC)o3)C2=O)cc1OCC. The summed E-state index contributed by atoms with van der Waals surface area (Å²) in [6.45, 7) is 2.13. The minimum atomic E-state index is -0.653. The molecule has 0 atom stereocenters. The number of nitrogens with one attached hydrogen (secondary N) is 1. The zero-order valence-electron chi connectivity index (χ0n) is 17.3. The lowest BCUT2D eigenvalue weighted by atomic mass is 10.1. The predicted octanol–water partition coefficient (Wildman–Crippen LogP) is 3.33. The molecule has 0 bridgehead atoms. The van der Waals surface area contributed by atoms with Crippen molar-refractivity contribution in [2.45, 2.75) is 13.5 Å². The highest BCUT2D eigenvalue weighted by Gasteiger charge is 2.34. The van der Waals surface area contributed by atoms with Gasteiger partial charge in [0, 0.05) is 0 Å². The molecule has 0 unspecified atom stereocenters. The minimum Gasteiger partial charge on any atom is -0.490 e. The molecule has 2 heterocycles. The summed E-state index contributed by atoms with van der Waals surface area (Å²) in [4.78, 5) is 37.6. The molecular weight excluding hydrogens is 484 g/mol.